The summed E-state index contributed by atoms with van der Waals surface area (Å²) < 4.78 is 7.44. The van der Waals surface area contributed by atoms with Crippen LogP contribution in [0.1, 0.15) is 28.2 Å². The van der Waals surface area contributed by atoms with Gasteiger partial charge in [0.25, 0.3) is 5.91 Å². The lowest BCUT2D eigenvalue weighted by molar-refractivity contribution is 0.0942. The minimum atomic E-state index is -0.111. The molecule has 34 heavy (non-hydrogen) atoms. The molecule has 0 saturated carbocycles. The number of piperazine rings is 1. The monoisotopic (exact) mass is 481 g/mol. The number of halogens is 1. The van der Waals surface area contributed by atoms with Gasteiger partial charge in [0, 0.05) is 46.3 Å². The van der Waals surface area contributed by atoms with Crippen LogP contribution in [0.3, 0.4) is 0 Å². The molecule has 1 aliphatic rings. The molecule has 0 bridgehead atoms. The van der Waals surface area contributed by atoms with Crippen LogP contribution in [0.2, 0.25) is 5.02 Å². The summed E-state index contributed by atoms with van der Waals surface area (Å²) in [5.74, 6) is 0.737. The molecule has 4 rings (SSSR count). The van der Waals surface area contributed by atoms with Crippen LogP contribution in [0.25, 0.3) is 0 Å². The summed E-state index contributed by atoms with van der Waals surface area (Å²) in [6, 6.07) is 18.1. The van der Waals surface area contributed by atoms with Gasteiger partial charge in [0.2, 0.25) is 0 Å². The van der Waals surface area contributed by atoms with E-state index < -0.39 is 0 Å². The van der Waals surface area contributed by atoms with Gasteiger partial charge in [-0.15, -0.1) is 0 Å². The first-order valence-corrected chi connectivity index (χ1v) is 12.1. The smallest absolute Gasteiger partial charge is 0.269 e. The van der Waals surface area contributed by atoms with Gasteiger partial charge < -0.3 is 15.0 Å². The predicted molar refractivity (Wildman–Crippen MR) is 136 cm³/mol. The molecule has 0 spiro atoms. The van der Waals surface area contributed by atoms with Crippen LogP contribution in [0.15, 0.2) is 54.6 Å². The van der Waals surface area contributed by atoms with E-state index in [-0.39, 0.29) is 5.91 Å². The largest absolute Gasteiger partial charge is 0.494 e. The van der Waals surface area contributed by atoms with Gasteiger partial charge in [-0.3, -0.25) is 14.4 Å². The number of carbonyl (C=O) groups is 1. The lowest BCUT2D eigenvalue weighted by Gasteiger charge is -2.36. The fraction of sp³-hybridized carbons (Fsp3) is 0.385. The second-order valence-corrected chi connectivity index (χ2v) is 9.02. The van der Waals surface area contributed by atoms with Gasteiger partial charge in [-0.25, -0.2) is 0 Å². The third kappa shape index (κ3) is 6.30. The fourth-order valence-corrected chi connectivity index (χ4v) is 4.44. The van der Waals surface area contributed by atoms with Crippen molar-refractivity contribution in [3.05, 3.63) is 76.6 Å². The normalized spacial score (nSPS) is 14.3. The molecule has 180 valence electrons. The van der Waals surface area contributed by atoms with Crippen LogP contribution < -0.4 is 15.0 Å². The number of nitrogens with zero attached hydrogens (tertiary/aromatic N) is 4. The summed E-state index contributed by atoms with van der Waals surface area (Å²) in [6.07, 6.45) is 0.736. The molecule has 1 saturated heterocycles. The van der Waals surface area contributed by atoms with Crippen molar-refractivity contribution in [3.8, 4) is 5.75 Å². The highest BCUT2D eigenvalue weighted by Gasteiger charge is 2.18. The Morgan fingerprint density at radius 3 is 2.50 bits per heavy atom. The van der Waals surface area contributed by atoms with Gasteiger partial charge in [-0.05, 0) is 49.2 Å². The quantitative estimate of drug-likeness (QED) is 0.469. The lowest BCUT2D eigenvalue weighted by atomic mass is 10.2. The molecular formula is C26H32ClN5O2. The van der Waals surface area contributed by atoms with Crippen LogP contribution in [0, 0.1) is 6.92 Å². The number of carbonyl (C=O) groups excluding carboxylic acids is 1. The van der Waals surface area contributed by atoms with Gasteiger partial charge in [0.1, 0.15) is 11.4 Å². The van der Waals surface area contributed by atoms with Crippen molar-refractivity contribution in [2.45, 2.75) is 19.9 Å². The van der Waals surface area contributed by atoms with E-state index in [0.29, 0.717) is 18.8 Å². The Morgan fingerprint density at radius 1 is 1.09 bits per heavy atom. The molecule has 1 aliphatic heterocycles. The summed E-state index contributed by atoms with van der Waals surface area (Å²) in [5, 5.41) is 7.93. The summed E-state index contributed by atoms with van der Waals surface area (Å²) in [4.78, 5) is 17.0. The zero-order valence-corrected chi connectivity index (χ0v) is 20.6. The predicted octanol–water partition coefficient (Wildman–Crippen LogP) is 3.90. The number of ether oxygens (including phenoxy) is 1. The first-order valence-electron chi connectivity index (χ1n) is 11.7. The number of amides is 1. The molecule has 0 radical (unpaired) electrons. The highest BCUT2D eigenvalue weighted by atomic mass is 35.5. The van der Waals surface area contributed by atoms with E-state index in [0.717, 1.165) is 61.3 Å². The standard InChI is InChI=1S/C26H32ClN5O2/c1-20-18-25(30(2)29-20)26(33)28-12-5-17-34-22-10-8-21(9-11-22)19-31-13-15-32(16-14-31)24-7-4-3-6-23(24)27/h3-4,6-11,18H,5,12-17,19H2,1-2H3,(H,28,33). The molecule has 1 N–H and O–H groups in total. The number of rotatable bonds is 9. The summed E-state index contributed by atoms with van der Waals surface area (Å²) in [5.41, 5.74) is 3.80. The van der Waals surface area contributed by atoms with Crippen molar-refractivity contribution in [2.24, 2.45) is 7.05 Å². The minimum Gasteiger partial charge on any atom is -0.494 e. The number of benzene rings is 2. The molecular weight excluding hydrogens is 450 g/mol. The van der Waals surface area contributed by atoms with E-state index >= 15 is 0 Å². The summed E-state index contributed by atoms with van der Waals surface area (Å²) in [6.45, 7) is 7.87. The van der Waals surface area contributed by atoms with E-state index in [4.69, 9.17) is 16.3 Å². The number of para-hydroxylation sites is 1. The Balaban J connectivity index is 1.14. The number of anilines is 1. The zero-order valence-electron chi connectivity index (χ0n) is 19.8. The van der Waals surface area contributed by atoms with Crippen molar-refractivity contribution >= 4 is 23.2 Å². The van der Waals surface area contributed by atoms with Gasteiger partial charge >= 0.3 is 0 Å². The number of hydrogen-bond acceptors (Lipinski definition) is 5. The number of aryl methyl sites for hydroxylation is 2. The van der Waals surface area contributed by atoms with Crippen LogP contribution in [-0.4, -0.2) is 59.9 Å². The van der Waals surface area contributed by atoms with Crippen LogP contribution in [0.4, 0.5) is 5.69 Å². The molecule has 3 aromatic rings. The first kappa shape index (κ1) is 24.1. The number of hydrogen-bond donors (Lipinski definition) is 1. The van der Waals surface area contributed by atoms with Crippen molar-refractivity contribution in [1.29, 1.82) is 0 Å². The Labute approximate surface area is 206 Å². The third-order valence-electron chi connectivity index (χ3n) is 6.00. The Kier molecular flexibility index (Phi) is 8.08. The molecule has 0 unspecified atom stereocenters. The van der Waals surface area contributed by atoms with Crippen molar-refractivity contribution in [2.75, 3.05) is 44.2 Å². The Morgan fingerprint density at radius 2 is 1.82 bits per heavy atom. The highest BCUT2D eigenvalue weighted by molar-refractivity contribution is 6.33. The molecule has 1 amide bonds. The maximum Gasteiger partial charge on any atom is 0.269 e. The van der Waals surface area contributed by atoms with Crippen LogP contribution >= 0.6 is 11.6 Å². The highest BCUT2D eigenvalue weighted by Crippen LogP contribution is 2.26. The van der Waals surface area contributed by atoms with Crippen molar-refractivity contribution in [3.63, 3.8) is 0 Å². The van der Waals surface area contributed by atoms with Crippen molar-refractivity contribution < 1.29 is 9.53 Å². The molecule has 2 heterocycles. The van der Waals surface area contributed by atoms with E-state index in [9.17, 15) is 4.79 Å². The average molecular weight is 482 g/mol. The molecule has 1 aromatic heterocycles. The third-order valence-corrected chi connectivity index (χ3v) is 6.32. The lowest BCUT2D eigenvalue weighted by Crippen LogP contribution is -2.46. The first-order chi connectivity index (χ1) is 16.5. The van der Waals surface area contributed by atoms with E-state index in [1.165, 1.54) is 5.56 Å². The van der Waals surface area contributed by atoms with E-state index in [2.05, 4.69) is 38.4 Å². The van der Waals surface area contributed by atoms with Gasteiger partial charge in [-0.2, -0.15) is 5.10 Å². The number of nitrogens with one attached hydrogen (secondary N) is 1. The van der Waals surface area contributed by atoms with Crippen LogP contribution in [0.5, 0.6) is 5.75 Å². The van der Waals surface area contributed by atoms with Gasteiger partial charge in [0.05, 0.1) is 23.0 Å². The summed E-state index contributed by atoms with van der Waals surface area (Å²) in [7, 11) is 1.77. The second-order valence-electron chi connectivity index (χ2n) is 8.61. The fourth-order valence-electron chi connectivity index (χ4n) is 4.18. The van der Waals surface area contributed by atoms with Gasteiger partial charge in [-0.1, -0.05) is 35.9 Å². The van der Waals surface area contributed by atoms with Gasteiger partial charge in [0.15, 0.2) is 0 Å². The maximum atomic E-state index is 12.2. The van der Waals surface area contributed by atoms with E-state index in [1.54, 1.807) is 17.8 Å². The molecule has 2 aromatic carbocycles. The SMILES string of the molecule is Cc1cc(C(=O)NCCCOc2ccc(CN3CCN(c4ccccc4Cl)CC3)cc2)n(C)n1. The average Bonchev–Trinajstić information content (AvgIpc) is 3.18. The Bertz CT molecular complexity index is 1090. The van der Waals surface area contributed by atoms with Crippen LogP contribution in [-0.2, 0) is 13.6 Å². The Hall–Kier alpha value is -3.03. The maximum absolute atomic E-state index is 12.2. The minimum absolute atomic E-state index is 0.111. The van der Waals surface area contributed by atoms with E-state index in [1.807, 2.05) is 37.3 Å². The molecule has 7 nitrogen and oxygen atoms in total. The molecule has 0 atom stereocenters. The summed E-state index contributed by atoms with van der Waals surface area (Å²) >= 11 is 6.35. The molecule has 1 fully saturated rings. The van der Waals surface area contributed by atoms with Crippen molar-refractivity contribution in [1.82, 2.24) is 20.0 Å². The zero-order chi connectivity index (χ0) is 23.9. The number of aromatic nitrogens is 2. The second kappa shape index (κ2) is 11.4. The molecule has 8 heteroatoms. The molecule has 0 aliphatic carbocycles. The topological polar surface area (TPSA) is 62.6 Å².